The number of ether oxygens (including phenoxy) is 1. The fourth-order valence-electron chi connectivity index (χ4n) is 2.57. The molecule has 1 N–H and O–H groups in total. The number of thioether (sulfide) groups is 1. The van der Waals surface area contributed by atoms with Gasteiger partial charge in [0, 0.05) is 49.2 Å². The van der Waals surface area contributed by atoms with Crippen LogP contribution >= 0.6 is 35.7 Å². The number of guanidine groups is 1. The van der Waals surface area contributed by atoms with E-state index in [1.807, 2.05) is 0 Å². The Kier molecular flexibility index (Phi) is 7.97. The standard InChI is InChI=1S/C14H27N3OS.HI/c1-4-15-13(16-9-12-5-7-18-10-12)17-6-8-19-14(2,3)11-17;/h12H,4-11H2,1-3H3,(H,15,16);1H. The molecule has 20 heavy (non-hydrogen) atoms. The molecule has 4 nitrogen and oxygen atoms in total. The van der Waals surface area contributed by atoms with E-state index in [2.05, 4.69) is 42.7 Å². The predicted octanol–water partition coefficient (Wildman–Crippen LogP) is 2.43. The molecule has 2 aliphatic rings. The number of nitrogens with one attached hydrogen (secondary N) is 1. The quantitative estimate of drug-likeness (QED) is 0.438. The number of halogens is 1. The molecule has 2 aliphatic heterocycles. The van der Waals surface area contributed by atoms with Gasteiger partial charge < -0.3 is 15.0 Å². The van der Waals surface area contributed by atoms with Crippen molar-refractivity contribution < 1.29 is 4.74 Å². The summed E-state index contributed by atoms with van der Waals surface area (Å²) in [6.07, 6.45) is 1.16. The first-order valence-electron chi connectivity index (χ1n) is 7.36. The van der Waals surface area contributed by atoms with Gasteiger partial charge in [-0.3, -0.25) is 4.99 Å². The number of nitrogens with zero attached hydrogens (tertiary/aromatic N) is 2. The van der Waals surface area contributed by atoms with Gasteiger partial charge in [-0.15, -0.1) is 24.0 Å². The Hall–Kier alpha value is 0.310. The molecule has 1 atom stereocenters. The third kappa shape index (κ3) is 5.60. The molecule has 0 amide bonds. The minimum absolute atomic E-state index is 0. The van der Waals surface area contributed by atoms with E-state index < -0.39 is 0 Å². The molecule has 2 fully saturated rings. The second-order valence-corrected chi connectivity index (χ2v) is 7.76. The van der Waals surface area contributed by atoms with Gasteiger partial charge in [-0.2, -0.15) is 11.8 Å². The van der Waals surface area contributed by atoms with Crippen LogP contribution in [0.25, 0.3) is 0 Å². The van der Waals surface area contributed by atoms with Crippen LogP contribution in [0.3, 0.4) is 0 Å². The van der Waals surface area contributed by atoms with Crippen molar-refractivity contribution in [3.05, 3.63) is 0 Å². The maximum absolute atomic E-state index is 5.42. The smallest absolute Gasteiger partial charge is 0.193 e. The molecule has 2 saturated heterocycles. The minimum Gasteiger partial charge on any atom is -0.381 e. The molecule has 0 aliphatic carbocycles. The first-order valence-corrected chi connectivity index (χ1v) is 8.34. The summed E-state index contributed by atoms with van der Waals surface area (Å²) >= 11 is 2.06. The average molecular weight is 413 g/mol. The van der Waals surface area contributed by atoms with E-state index in [4.69, 9.17) is 9.73 Å². The highest BCUT2D eigenvalue weighted by atomic mass is 127. The van der Waals surface area contributed by atoms with E-state index in [1.165, 1.54) is 5.75 Å². The third-order valence-electron chi connectivity index (χ3n) is 3.58. The summed E-state index contributed by atoms with van der Waals surface area (Å²) < 4.78 is 5.75. The van der Waals surface area contributed by atoms with Gasteiger partial charge in [-0.25, -0.2) is 0 Å². The third-order valence-corrected chi connectivity index (χ3v) is 4.88. The maximum Gasteiger partial charge on any atom is 0.193 e. The molecule has 1 unspecified atom stereocenters. The van der Waals surface area contributed by atoms with Crippen molar-refractivity contribution in [1.29, 1.82) is 0 Å². The summed E-state index contributed by atoms with van der Waals surface area (Å²) in [7, 11) is 0. The highest BCUT2D eigenvalue weighted by Crippen LogP contribution is 2.29. The van der Waals surface area contributed by atoms with Crippen molar-refractivity contribution in [3.63, 3.8) is 0 Å². The highest BCUT2D eigenvalue weighted by molar-refractivity contribution is 14.0. The van der Waals surface area contributed by atoms with Gasteiger partial charge in [0.2, 0.25) is 0 Å². The van der Waals surface area contributed by atoms with Crippen LogP contribution < -0.4 is 5.32 Å². The molecular formula is C14H28IN3OS. The van der Waals surface area contributed by atoms with Gasteiger partial charge in [-0.05, 0) is 27.2 Å². The Balaban J connectivity index is 0.00000200. The van der Waals surface area contributed by atoms with Crippen molar-refractivity contribution in [1.82, 2.24) is 10.2 Å². The van der Waals surface area contributed by atoms with Crippen LogP contribution in [-0.2, 0) is 4.74 Å². The van der Waals surface area contributed by atoms with Gasteiger partial charge >= 0.3 is 0 Å². The number of hydrogen-bond acceptors (Lipinski definition) is 3. The van der Waals surface area contributed by atoms with Crippen LogP contribution in [0, 0.1) is 5.92 Å². The second-order valence-electron chi connectivity index (χ2n) is 5.95. The van der Waals surface area contributed by atoms with Gasteiger partial charge in [0.1, 0.15) is 0 Å². The Morgan fingerprint density at radius 2 is 2.30 bits per heavy atom. The molecule has 0 aromatic rings. The fourth-order valence-corrected chi connectivity index (χ4v) is 3.68. The van der Waals surface area contributed by atoms with E-state index in [0.29, 0.717) is 10.7 Å². The Morgan fingerprint density at radius 1 is 1.50 bits per heavy atom. The van der Waals surface area contributed by atoms with E-state index in [-0.39, 0.29) is 24.0 Å². The molecule has 6 heteroatoms. The van der Waals surface area contributed by atoms with Gasteiger partial charge in [-0.1, -0.05) is 0 Å². The molecule has 118 valence electrons. The molecule has 2 rings (SSSR count). The summed E-state index contributed by atoms with van der Waals surface area (Å²) in [5.41, 5.74) is 0. The van der Waals surface area contributed by atoms with Crippen LogP contribution in [-0.4, -0.2) is 60.8 Å². The average Bonchev–Trinajstić information content (AvgIpc) is 2.86. The van der Waals surface area contributed by atoms with E-state index in [1.54, 1.807) is 0 Å². The number of hydrogen-bond donors (Lipinski definition) is 1. The summed E-state index contributed by atoms with van der Waals surface area (Å²) in [6, 6.07) is 0. The molecule has 0 saturated carbocycles. The van der Waals surface area contributed by atoms with Crippen molar-refractivity contribution >= 4 is 41.7 Å². The number of aliphatic imine (C=N–C) groups is 1. The largest absolute Gasteiger partial charge is 0.381 e. The SMILES string of the molecule is CCNC(=NCC1CCOC1)N1CCSC(C)(C)C1.I. The Morgan fingerprint density at radius 3 is 2.90 bits per heavy atom. The van der Waals surface area contributed by atoms with E-state index in [0.717, 1.165) is 51.8 Å². The molecule has 2 heterocycles. The van der Waals surface area contributed by atoms with E-state index in [9.17, 15) is 0 Å². The summed E-state index contributed by atoms with van der Waals surface area (Å²) in [5.74, 6) is 2.88. The lowest BCUT2D eigenvalue weighted by Crippen LogP contribution is -2.51. The van der Waals surface area contributed by atoms with Crippen LogP contribution in [0.4, 0.5) is 0 Å². The molecule has 0 radical (unpaired) electrons. The molecule has 0 aromatic heterocycles. The zero-order valence-electron chi connectivity index (χ0n) is 12.9. The summed E-state index contributed by atoms with van der Waals surface area (Å²) in [6.45, 7) is 12.6. The normalized spacial score (nSPS) is 26.2. The molecular weight excluding hydrogens is 385 g/mol. The topological polar surface area (TPSA) is 36.9 Å². The minimum atomic E-state index is 0. The lowest BCUT2D eigenvalue weighted by Gasteiger charge is -2.39. The maximum atomic E-state index is 5.42. The van der Waals surface area contributed by atoms with Gasteiger partial charge in [0.15, 0.2) is 5.96 Å². The van der Waals surface area contributed by atoms with Crippen molar-refractivity contribution in [2.75, 3.05) is 45.1 Å². The van der Waals surface area contributed by atoms with Crippen LogP contribution in [0.15, 0.2) is 4.99 Å². The lowest BCUT2D eigenvalue weighted by molar-refractivity contribution is 0.187. The first-order chi connectivity index (χ1) is 9.11. The van der Waals surface area contributed by atoms with Gasteiger partial charge in [0.05, 0.1) is 6.61 Å². The lowest BCUT2D eigenvalue weighted by atomic mass is 10.1. The predicted molar refractivity (Wildman–Crippen MR) is 98.4 cm³/mol. The molecule has 0 aromatic carbocycles. The zero-order chi connectivity index (χ0) is 13.7. The second kappa shape index (κ2) is 8.68. The summed E-state index contributed by atoms with van der Waals surface area (Å²) in [5, 5.41) is 3.44. The van der Waals surface area contributed by atoms with Crippen LogP contribution in [0.5, 0.6) is 0 Å². The highest BCUT2D eigenvalue weighted by Gasteiger charge is 2.28. The van der Waals surface area contributed by atoms with Crippen molar-refractivity contribution in [2.24, 2.45) is 10.9 Å². The zero-order valence-corrected chi connectivity index (χ0v) is 16.0. The fraction of sp³-hybridized carbons (Fsp3) is 0.929. The first kappa shape index (κ1) is 18.4. The van der Waals surface area contributed by atoms with E-state index >= 15 is 0 Å². The van der Waals surface area contributed by atoms with Gasteiger partial charge in [0.25, 0.3) is 0 Å². The number of rotatable bonds is 3. The summed E-state index contributed by atoms with van der Waals surface area (Å²) in [4.78, 5) is 7.24. The Labute approximate surface area is 144 Å². The Bertz CT molecular complexity index is 320. The van der Waals surface area contributed by atoms with Crippen molar-refractivity contribution in [2.45, 2.75) is 31.9 Å². The van der Waals surface area contributed by atoms with Crippen LogP contribution in [0.2, 0.25) is 0 Å². The molecule has 0 spiro atoms. The molecule has 0 bridgehead atoms. The monoisotopic (exact) mass is 413 g/mol. The van der Waals surface area contributed by atoms with Crippen molar-refractivity contribution in [3.8, 4) is 0 Å². The van der Waals surface area contributed by atoms with Crippen LogP contribution in [0.1, 0.15) is 27.2 Å².